The Morgan fingerprint density at radius 2 is 2.05 bits per heavy atom. The van der Waals surface area contributed by atoms with Gasteiger partial charge >= 0.3 is 0 Å². The Bertz CT molecular complexity index is 443. The third-order valence-electron chi connectivity index (χ3n) is 3.39. The fourth-order valence-corrected chi connectivity index (χ4v) is 2.25. The normalized spacial score (nSPS) is 17.0. The predicted molar refractivity (Wildman–Crippen MR) is 75.6 cm³/mol. The van der Waals surface area contributed by atoms with Crippen LogP contribution in [0.1, 0.15) is 11.7 Å². The first-order valence-electron chi connectivity index (χ1n) is 7.17. The van der Waals surface area contributed by atoms with Gasteiger partial charge in [0.05, 0.1) is 19.7 Å². The number of nitrogens with zero attached hydrogens (tertiary/aromatic N) is 4. The Morgan fingerprint density at radius 3 is 2.67 bits per heavy atom. The van der Waals surface area contributed by atoms with Gasteiger partial charge in [-0.25, -0.2) is 0 Å². The average Bonchev–Trinajstić information content (AvgIpc) is 2.87. The van der Waals surface area contributed by atoms with E-state index in [-0.39, 0.29) is 5.91 Å². The van der Waals surface area contributed by atoms with Crippen molar-refractivity contribution in [1.82, 2.24) is 25.3 Å². The molecule has 118 valence electrons. The van der Waals surface area contributed by atoms with Gasteiger partial charge in [-0.05, 0) is 6.92 Å². The SMILES string of the molecule is COCCNC(=O)CN1CCN(Cc2nc(C)no2)CC1. The predicted octanol–water partition coefficient (Wildman–Crippen LogP) is -0.742. The Labute approximate surface area is 124 Å². The van der Waals surface area contributed by atoms with Crippen molar-refractivity contribution in [3.63, 3.8) is 0 Å². The monoisotopic (exact) mass is 297 g/mol. The smallest absolute Gasteiger partial charge is 0.240 e. The summed E-state index contributed by atoms with van der Waals surface area (Å²) in [5.41, 5.74) is 0. The van der Waals surface area contributed by atoms with Gasteiger partial charge in [-0.3, -0.25) is 14.6 Å². The van der Waals surface area contributed by atoms with Crippen LogP contribution in [0.25, 0.3) is 0 Å². The number of nitrogens with one attached hydrogen (secondary N) is 1. The maximum absolute atomic E-state index is 11.7. The number of aryl methyl sites for hydroxylation is 1. The zero-order chi connectivity index (χ0) is 15.1. The zero-order valence-corrected chi connectivity index (χ0v) is 12.7. The highest BCUT2D eigenvalue weighted by molar-refractivity contribution is 5.77. The molecule has 0 bridgehead atoms. The Morgan fingerprint density at radius 1 is 1.33 bits per heavy atom. The van der Waals surface area contributed by atoms with E-state index in [1.165, 1.54) is 0 Å². The summed E-state index contributed by atoms with van der Waals surface area (Å²) in [7, 11) is 1.62. The standard InChI is InChI=1S/C13H23N5O3/c1-11-15-13(21-16-11)10-18-6-4-17(5-7-18)9-12(19)14-3-8-20-2/h3-10H2,1-2H3,(H,14,19). The number of ether oxygens (including phenoxy) is 1. The Hall–Kier alpha value is -1.51. The minimum atomic E-state index is 0.0491. The first kappa shape index (κ1) is 15.9. The van der Waals surface area contributed by atoms with Gasteiger partial charge in [-0.1, -0.05) is 5.16 Å². The number of piperazine rings is 1. The van der Waals surface area contributed by atoms with Gasteiger partial charge in [0.15, 0.2) is 5.82 Å². The molecule has 2 heterocycles. The van der Waals surface area contributed by atoms with E-state index in [4.69, 9.17) is 9.26 Å². The third-order valence-corrected chi connectivity index (χ3v) is 3.39. The van der Waals surface area contributed by atoms with Crippen LogP contribution in [-0.4, -0.2) is 78.8 Å². The lowest BCUT2D eigenvalue weighted by molar-refractivity contribution is -0.122. The molecule has 1 aromatic heterocycles. The molecule has 1 aliphatic heterocycles. The summed E-state index contributed by atoms with van der Waals surface area (Å²) in [5.74, 6) is 1.36. The number of carbonyl (C=O) groups excluding carboxylic acids is 1. The second kappa shape index (κ2) is 8.06. The second-order valence-electron chi connectivity index (χ2n) is 5.13. The molecule has 1 fully saturated rings. The van der Waals surface area contributed by atoms with Crippen molar-refractivity contribution >= 4 is 5.91 Å². The Kier molecular flexibility index (Phi) is 6.09. The first-order chi connectivity index (χ1) is 10.2. The average molecular weight is 297 g/mol. The molecule has 1 amide bonds. The summed E-state index contributed by atoms with van der Waals surface area (Å²) < 4.78 is 10.0. The molecule has 0 aromatic carbocycles. The van der Waals surface area contributed by atoms with Crippen molar-refractivity contribution in [1.29, 1.82) is 0 Å². The first-order valence-corrected chi connectivity index (χ1v) is 7.17. The van der Waals surface area contributed by atoms with E-state index in [9.17, 15) is 4.79 Å². The number of carbonyl (C=O) groups is 1. The largest absolute Gasteiger partial charge is 0.383 e. The number of aromatic nitrogens is 2. The molecule has 1 aliphatic rings. The van der Waals surface area contributed by atoms with Gasteiger partial charge in [0, 0.05) is 39.8 Å². The molecule has 0 aliphatic carbocycles. The molecule has 21 heavy (non-hydrogen) atoms. The summed E-state index contributed by atoms with van der Waals surface area (Å²) in [5, 5.41) is 6.62. The summed E-state index contributed by atoms with van der Waals surface area (Å²) in [6.45, 7) is 7.56. The highest BCUT2D eigenvalue weighted by Crippen LogP contribution is 2.06. The van der Waals surface area contributed by atoms with Crippen molar-refractivity contribution in [3.05, 3.63) is 11.7 Å². The van der Waals surface area contributed by atoms with Crippen LogP contribution >= 0.6 is 0 Å². The van der Waals surface area contributed by atoms with Gasteiger partial charge in [0.25, 0.3) is 0 Å². The lowest BCUT2D eigenvalue weighted by Gasteiger charge is -2.33. The van der Waals surface area contributed by atoms with Gasteiger partial charge < -0.3 is 14.6 Å². The summed E-state index contributed by atoms with van der Waals surface area (Å²) in [6, 6.07) is 0. The molecule has 8 heteroatoms. The number of methoxy groups -OCH3 is 1. The van der Waals surface area contributed by atoms with Gasteiger partial charge in [-0.15, -0.1) is 0 Å². The van der Waals surface area contributed by atoms with Gasteiger partial charge in [-0.2, -0.15) is 4.98 Å². The maximum Gasteiger partial charge on any atom is 0.240 e. The maximum atomic E-state index is 11.7. The highest BCUT2D eigenvalue weighted by atomic mass is 16.5. The van der Waals surface area contributed by atoms with E-state index in [0.29, 0.717) is 38.0 Å². The fourth-order valence-electron chi connectivity index (χ4n) is 2.25. The number of hydrogen-bond acceptors (Lipinski definition) is 7. The van der Waals surface area contributed by atoms with Crippen LogP contribution in [0.3, 0.4) is 0 Å². The minimum Gasteiger partial charge on any atom is -0.383 e. The number of amides is 1. The molecule has 0 radical (unpaired) electrons. The summed E-state index contributed by atoms with van der Waals surface area (Å²) >= 11 is 0. The minimum absolute atomic E-state index is 0.0491. The quantitative estimate of drug-likeness (QED) is 0.663. The highest BCUT2D eigenvalue weighted by Gasteiger charge is 2.20. The lowest BCUT2D eigenvalue weighted by atomic mass is 10.3. The topological polar surface area (TPSA) is 83.7 Å². The molecule has 0 saturated carbocycles. The molecule has 2 rings (SSSR count). The third kappa shape index (κ3) is 5.41. The van der Waals surface area contributed by atoms with E-state index < -0.39 is 0 Å². The molecule has 8 nitrogen and oxygen atoms in total. The zero-order valence-electron chi connectivity index (χ0n) is 12.7. The summed E-state index contributed by atoms with van der Waals surface area (Å²) in [6.07, 6.45) is 0. The van der Waals surface area contributed by atoms with E-state index in [1.807, 2.05) is 6.92 Å². The van der Waals surface area contributed by atoms with Crippen molar-refractivity contribution in [3.8, 4) is 0 Å². The molecular formula is C13H23N5O3. The number of hydrogen-bond donors (Lipinski definition) is 1. The molecule has 0 atom stereocenters. The van der Waals surface area contributed by atoms with E-state index in [0.717, 1.165) is 26.2 Å². The van der Waals surface area contributed by atoms with E-state index in [2.05, 4.69) is 25.3 Å². The van der Waals surface area contributed by atoms with Crippen molar-refractivity contribution in [2.45, 2.75) is 13.5 Å². The van der Waals surface area contributed by atoms with Crippen LogP contribution in [0.15, 0.2) is 4.52 Å². The second-order valence-corrected chi connectivity index (χ2v) is 5.13. The lowest BCUT2D eigenvalue weighted by Crippen LogP contribution is -2.49. The van der Waals surface area contributed by atoms with E-state index in [1.54, 1.807) is 7.11 Å². The van der Waals surface area contributed by atoms with Gasteiger partial charge in [0.1, 0.15) is 0 Å². The van der Waals surface area contributed by atoms with E-state index >= 15 is 0 Å². The van der Waals surface area contributed by atoms with Crippen LogP contribution in [0, 0.1) is 6.92 Å². The molecular weight excluding hydrogens is 274 g/mol. The van der Waals surface area contributed by atoms with Crippen LogP contribution in [0.2, 0.25) is 0 Å². The van der Waals surface area contributed by atoms with Crippen LogP contribution < -0.4 is 5.32 Å². The molecule has 0 unspecified atom stereocenters. The van der Waals surface area contributed by atoms with Crippen molar-refractivity contribution in [2.75, 3.05) is 53.0 Å². The summed E-state index contributed by atoms with van der Waals surface area (Å²) in [4.78, 5) is 20.3. The van der Waals surface area contributed by atoms with Crippen LogP contribution in [0.5, 0.6) is 0 Å². The van der Waals surface area contributed by atoms with Gasteiger partial charge in [0.2, 0.25) is 11.8 Å². The molecule has 1 N–H and O–H groups in total. The van der Waals surface area contributed by atoms with Crippen molar-refractivity contribution in [2.24, 2.45) is 0 Å². The van der Waals surface area contributed by atoms with Crippen LogP contribution in [0.4, 0.5) is 0 Å². The number of rotatable bonds is 7. The fraction of sp³-hybridized carbons (Fsp3) is 0.769. The van der Waals surface area contributed by atoms with Crippen LogP contribution in [-0.2, 0) is 16.1 Å². The molecule has 1 saturated heterocycles. The molecule has 1 aromatic rings. The Balaban J connectivity index is 1.65. The van der Waals surface area contributed by atoms with Crippen molar-refractivity contribution < 1.29 is 14.1 Å². The molecule has 0 spiro atoms.